The highest BCUT2D eigenvalue weighted by molar-refractivity contribution is 5.20. The molecule has 0 amide bonds. The lowest BCUT2D eigenvalue weighted by atomic mass is 10.3. The van der Waals surface area contributed by atoms with Gasteiger partial charge in [-0.1, -0.05) is 30.4 Å². The Kier molecular flexibility index (Phi) is 4.79. The van der Waals surface area contributed by atoms with Gasteiger partial charge in [0.1, 0.15) is 12.4 Å². The normalized spacial score (nSPS) is 9.79. The fourth-order valence-corrected chi connectivity index (χ4v) is 1.06. The molecule has 0 saturated carbocycles. The fraction of sp³-hybridized carbons (Fsp3) is 0.333. The smallest absolute Gasteiger partial charge is 0.119 e. The summed E-state index contributed by atoms with van der Waals surface area (Å²) >= 11 is 0. The lowest BCUT2D eigenvalue weighted by molar-refractivity contribution is 0.316. The summed E-state index contributed by atoms with van der Waals surface area (Å²) in [5, 5.41) is 3.23. The lowest BCUT2D eigenvalue weighted by Gasteiger charge is -2.06. The third-order valence-corrected chi connectivity index (χ3v) is 1.72. The van der Waals surface area contributed by atoms with Crippen LogP contribution in [-0.2, 0) is 0 Å². The summed E-state index contributed by atoms with van der Waals surface area (Å²) in [7, 11) is 0. The molecular weight excluding hydrogens is 174 g/mol. The quantitative estimate of drug-likeness (QED) is 0.550. The Morgan fingerprint density at radius 1 is 1.36 bits per heavy atom. The van der Waals surface area contributed by atoms with Crippen molar-refractivity contribution in [2.75, 3.05) is 19.7 Å². The van der Waals surface area contributed by atoms with Gasteiger partial charge >= 0.3 is 0 Å². The van der Waals surface area contributed by atoms with Gasteiger partial charge in [0.25, 0.3) is 0 Å². The highest BCUT2D eigenvalue weighted by atomic mass is 16.5. The van der Waals surface area contributed by atoms with Gasteiger partial charge in [-0.05, 0) is 19.1 Å². The third-order valence-electron chi connectivity index (χ3n) is 1.72. The number of ether oxygens (including phenoxy) is 1. The first kappa shape index (κ1) is 10.8. The van der Waals surface area contributed by atoms with Crippen molar-refractivity contribution >= 4 is 0 Å². The van der Waals surface area contributed by atoms with Gasteiger partial charge in [-0.2, -0.15) is 0 Å². The predicted octanol–water partition coefficient (Wildman–Crippen LogP) is 2.23. The van der Waals surface area contributed by atoms with Crippen LogP contribution >= 0.6 is 0 Å². The minimum absolute atomic E-state index is 0.692. The first-order chi connectivity index (χ1) is 6.79. The zero-order chi connectivity index (χ0) is 10.2. The van der Waals surface area contributed by atoms with Crippen LogP contribution in [0, 0.1) is 0 Å². The zero-order valence-electron chi connectivity index (χ0n) is 8.62. The van der Waals surface area contributed by atoms with E-state index in [9.17, 15) is 0 Å². The molecule has 1 rings (SSSR count). The average molecular weight is 191 g/mol. The van der Waals surface area contributed by atoms with E-state index in [2.05, 4.69) is 11.9 Å². The second-order valence-corrected chi connectivity index (χ2v) is 3.30. The molecule has 1 aromatic carbocycles. The summed E-state index contributed by atoms with van der Waals surface area (Å²) in [5.74, 6) is 0.921. The number of benzene rings is 1. The standard InChI is InChI=1S/C12H17NO/c1-11(2)10-13-8-9-14-12-6-4-3-5-7-12/h3-7,13H,1,8-10H2,2H3. The first-order valence-electron chi connectivity index (χ1n) is 4.82. The van der Waals surface area contributed by atoms with Crippen molar-refractivity contribution in [2.45, 2.75) is 6.92 Å². The van der Waals surface area contributed by atoms with Gasteiger partial charge in [-0.15, -0.1) is 0 Å². The molecule has 1 aromatic rings. The zero-order valence-corrected chi connectivity index (χ0v) is 8.62. The Morgan fingerprint density at radius 2 is 2.07 bits per heavy atom. The summed E-state index contributed by atoms with van der Waals surface area (Å²) in [6, 6.07) is 9.83. The third kappa shape index (κ3) is 4.67. The summed E-state index contributed by atoms with van der Waals surface area (Å²) in [6.45, 7) is 8.21. The van der Waals surface area contributed by atoms with Gasteiger partial charge in [0.15, 0.2) is 0 Å². The van der Waals surface area contributed by atoms with Crippen molar-refractivity contribution in [3.8, 4) is 5.75 Å². The number of rotatable bonds is 6. The van der Waals surface area contributed by atoms with E-state index >= 15 is 0 Å². The molecule has 0 spiro atoms. The maximum Gasteiger partial charge on any atom is 0.119 e. The van der Waals surface area contributed by atoms with E-state index in [1.54, 1.807) is 0 Å². The summed E-state index contributed by atoms with van der Waals surface area (Å²) < 4.78 is 5.50. The second kappa shape index (κ2) is 6.22. The van der Waals surface area contributed by atoms with E-state index in [-0.39, 0.29) is 0 Å². The molecule has 0 bridgehead atoms. The molecule has 0 aliphatic rings. The van der Waals surface area contributed by atoms with Crippen LogP contribution in [-0.4, -0.2) is 19.7 Å². The molecule has 0 heterocycles. The predicted molar refractivity (Wildman–Crippen MR) is 59.6 cm³/mol. The van der Waals surface area contributed by atoms with Crippen molar-refractivity contribution in [1.82, 2.24) is 5.32 Å². The first-order valence-corrected chi connectivity index (χ1v) is 4.82. The van der Waals surface area contributed by atoms with Crippen molar-refractivity contribution < 1.29 is 4.74 Å². The van der Waals surface area contributed by atoms with Gasteiger partial charge in [-0.25, -0.2) is 0 Å². The molecule has 0 atom stereocenters. The van der Waals surface area contributed by atoms with Crippen LogP contribution in [0.5, 0.6) is 5.75 Å². The molecular formula is C12H17NO. The minimum Gasteiger partial charge on any atom is -0.492 e. The molecule has 14 heavy (non-hydrogen) atoms. The molecule has 76 valence electrons. The van der Waals surface area contributed by atoms with Crippen LogP contribution in [0.4, 0.5) is 0 Å². The number of hydrogen-bond donors (Lipinski definition) is 1. The van der Waals surface area contributed by atoms with Crippen molar-refractivity contribution in [3.63, 3.8) is 0 Å². The van der Waals surface area contributed by atoms with Crippen molar-refractivity contribution in [3.05, 3.63) is 42.5 Å². The van der Waals surface area contributed by atoms with Crippen LogP contribution in [0.15, 0.2) is 42.5 Å². The Morgan fingerprint density at radius 3 is 2.71 bits per heavy atom. The maximum atomic E-state index is 5.50. The van der Waals surface area contributed by atoms with Gasteiger partial charge in [0.05, 0.1) is 0 Å². The van der Waals surface area contributed by atoms with Gasteiger partial charge < -0.3 is 10.1 Å². The molecule has 0 aliphatic heterocycles. The number of nitrogens with one attached hydrogen (secondary N) is 1. The van der Waals surface area contributed by atoms with Crippen LogP contribution in [0.1, 0.15) is 6.92 Å². The number of para-hydroxylation sites is 1. The van der Waals surface area contributed by atoms with Crippen molar-refractivity contribution in [1.29, 1.82) is 0 Å². The monoisotopic (exact) mass is 191 g/mol. The van der Waals surface area contributed by atoms with E-state index in [4.69, 9.17) is 4.74 Å². The van der Waals surface area contributed by atoms with Crippen LogP contribution < -0.4 is 10.1 Å². The molecule has 0 aliphatic carbocycles. The van der Waals surface area contributed by atoms with Gasteiger partial charge in [0, 0.05) is 13.1 Å². The lowest BCUT2D eigenvalue weighted by Crippen LogP contribution is -2.22. The largest absolute Gasteiger partial charge is 0.492 e. The van der Waals surface area contributed by atoms with Crippen molar-refractivity contribution in [2.24, 2.45) is 0 Å². The van der Waals surface area contributed by atoms with Gasteiger partial charge in [0.2, 0.25) is 0 Å². The van der Waals surface area contributed by atoms with Crippen LogP contribution in [0.25, 0.3) is 0 Å². The molecule has 1 N–H and O–H groups in total. The van der Waals surface area contributed by atoms with E-state index in [1.165, 1.54) is 0 Å². The topological polar surface area (TPSA) is 21.3 Å². The summed E-state index contributed by atoms with van der Waals surface area (Å²) in [6.07, 6.45) is 0. The highest BCUT2D eigenvalue weighted by Crippen LogP contribution is 2.07. The minimum atomic E-state index is 0.692. The summed E-state index contributed by atoms with van der Waals surface area (Å²) in [5.41, 5.74) is 1.14. The molecule has 2 heteroatoms. The Bertz CT molecular complexity index is 269. The Hall–Kier alpha value is -1.28. The highest BCUT2D eigenvalue weighted by Gasteiger charge is 1.90. The van der Waals surface area contributed by atoms with E-state index in [1.807, 2.05) is 37.3 Å². The number of hydrogen-bond acceptors (Lipinski definition) is 2. The fourth-order valence-electron chi connectivity index (χ4n) is 1.06. The van der Waals surface area contributed by atoms with E-state index < -0.39 is 0 Å². The molecule has 0 aromatic heterocycles. The van der Waals surface area contributed by atoms with E-state index in [0.29, 0.717) is 6.61 Å². The maximum absolute atomic E-state index is 5.50. The SMILES string of the molecule is C=C(C)CNCCOc1ccccc1. The molecule has 0 fully saturated rings. The van der Waals surface area contributed by atoms with Crippen LogP contribution in [0.2, 0.25) is 0 Å². The molecule has 2 nitrogen and oxygen atoms in total. The van der Waals surface area contributed by atoms with E-state index in [0.717, 1.165) is 24.4 Å². The second-order valence-electron chi connectivity index (χ2n) is 3.30. The van der Waals surface area contributed by atoms with Gasteiger partial charge in [-0.3, -0.25) is 0 Å². The van der Waals surface area contributed by atoms with Crippen LogP contribution in [0.3, 0.4) is 0 Å². The molecule has 0 unspecified atom stereocenters. The molecule has 0 saturated heterocycles. The summed E-state index contributed by atoms with van der Waals surface area (Å²) in [4.78, 5) is 0. The Labute approximate surface area is 85.6 Å². The molecule has 0 radical (unpaired) electrons. The Balaban J connectivity index is 2.08. The average Bonchev–Trinajstić information content (AvgIpc) is 2.18.